The SMILES string of the molecule is CCc1cccc(OCC(C)(C)NC)c1. The van der Waals surface area contributed by atoms with Gasteiger partial charge in [-0.1, -0.05) is 19.1 Å². The molecule has 0 amide bonds. The average Bonchev–Trinajstić information content (AvgIpc) is 2.27. The smallest absolute Gasteiger partial charge is 0.119 e. The molecule has 0 spiro atoms. The van der Waals surface area contributed by atoms with E-state index in [-0.39, 0.29) is 5.54 Å². The zero-order valence-electron chi connectivity index (χ0n) is 10.1. The van der Waals surface area contributed by atoms with Crippen molar-refractivity contribution in [3.8, 4) is 5.75 Å². The normalized spacial score (nSPS) is 11.5. The lowest BCUT2D eigenvalue weighted by Gasteiger charge is -2.24. The van der Waals surface area contributed by atoms with Crippen molar-refractivity contribution < 1.29 is 4.74 Å². The second-order valence-corrected chi connectivity index (χ2v) is 4.42. The van der Waals surface area contributed by atoms with E-state index in [0.717, 1.165) is 12.2 Å². The molecule has 2 nitrogen and oxygen atoms in total. The van der Waals surface area contributed by atoms with Gasteiger partial charge in [0.05, 0.1) is 0 Å². The summed E-state index contributed by atoms with van der Waals surface area (Å²) in [6, 6.07) is 8.27. The molecule has 2 heteroatoms. The van der Waals surface area contributed by atoms with Crippen molar-refractivity contribution in [1.29, 1.82) is 0 Å². The number of aryl methyl sites for hydroxylation is 1. The van der Waals surface area contributed by atoms with E-state index < -0.39 is 0 Å². The highest BCUT2D eigenvalue weighted by atomic mass is 16.5. The van der Waals surface area contributed by atoms with Gasteiger partial charge in [-0.3, -0.25) is 0 Å². The Bertz CT molecular complexity index is 307. The van der Waals surface area contributed by atoms with Gasteiger partial charge in [0.15, 0.2) is 0 Å². The molecule has 1 aromatic rings. The molecule has 84 valence electrons. The van der Waals surface area contributed by atoms with Crippen LogP contribution in [-0.4, -0.2) is 19.2 Å². The Kier molecular flexibility index (Phi) is 4.15. The number of rotatable bonds is 5. The zero-order chi connectivity index (χ0) is 11.3. The van der Waals surface area contributed by atoms with E-state index in [1.807, 2.05) is 19.2 Å². The van der Waals surface area contributed by atoms with Crippen LogP contribution < -0.4 is 10.1 Å². The van der Waals surface area contributed by atoms with Crippen LogP contribution in [0.2, 0.25) is 0 Å². The highest BCUT2D eigenvalue weighted by Gasteiger charge is 2.15. The van der Waals surface area contributed by atoms with E-state index in [1.165, 1.54) is 5.56 Å². The van der Waals surface area contributed by atoms with E-state index in [2.05, 4.69) is 38.2 Å². The Morgan fingerprint density at radius 2 is 2.07 bits per heavy atom. The Balaban J connectivity index is 2.57. The standard InChI is InChI=1S/C13H21NO/c1-5-11-7-6-8-12(9-11)15-10-13(2,3)14-4/h6-9,14H,5,10H2,1-4H3. The largest absolute Gasteiger partial charge is 0.492 e. The molecule has 0 aliphatic carbocycles. The van der Waals surface area contributed by atoms with Crippen molar-refractivity contribution in [3.63, 3.8) is 0 Å². The molecule has 0 aliphatic rings. The summed E-state index contributed by atoms with van der Waals surface area (Å²) in [5.74, 6) is 0.956. The maximum absolute atomic E-state index is 5.74. The molecular weight excluding hydrogens is 186 g/mol. The van der Waals surface area contributed by atoms with Gasteiger partial charge >= 0.3 is 0 Å². The fourth-order valence-electron chi connectivity index (χ4n) is 1.19. The predicted molar refractivity (Wildman–Crippen MR) is 64.5 cm³/mol. The maximum Gasteiger partial charge on any atom is 0.119 e. The van der Waals surface area contributed by atoms with Crippen LogP contribution in [0.25, 0.3) is 0 Å². The molecule has 1 rings (SSSR count). The summed E-state index contributed by atoms with van der Waals surface area (Å²) in [4.78, 5) is 0. The fraction of sp³-hybridized carbons (Fsp3) is 0.538. The lowest BCUT2D eigenvalue weighted by Crippen LogP contribution is -2.42. The second kappa shape index (κ2) is 5.17. The van der Waals surface area contributed by atoms with Gasteiger partial charge in [0.2, 0.25) is 0 Å². The average molecular weight is 207 g/mol. The van der Waals surface area contributed by atoms with Crippen molar-refractivity contribution in [1.82, 2.24) is 5.32 Å². The molecule has 1 N–H and O–H groups in total. The Morgan fingerprint density at radius 3 is 2.67 bits per heavy atom. The minimum Gasteiger partial charge on any atom is -0.492 e. The monoisotopic (exact) mass is 207 g/mol. The molecule has 0 saturated heterocycles. The lowest BCUT2D eigenvalue weighted by molar-refractivity contribution is 0.217. The second-order valence-electron chi connectivity index (χ2n) is 4.42. The van der Waals surface area contributed by atoms with Crippen LogP contribution in [0.3, 0.4) is 0 Å². The third-order valence-corrected chi connectivity index (χ3v) is 2.58. The van der Waals surface area contributed by atoms with E-state index in [1.54, 1.807) is 0 Å². The van der Waals surface area contributed by atoms with Gasteiger partial charge < -0.3 is 10.1 Å². The molecule has 15 heavy (non-hydrogen) atoms. The van der Waals surface area contributed by atoms with Gasteiger partial charge in [0.25, 0.3) is 0 Å². The van der Waals surface area contributed by atoms with Gasteiger partial charge in [0, 0.05) is 5.54 Å². The number of hydrogen-bond acceptors (Lipinski definition) is 2. The number of ether oxygens (including phenoxy) is 1. The van der Waals surface area contributed by atoms with Crippen LogP contribution in [0, 0.1) is 0 Å². The first-order valence-electron chi connectivity index (χ1n) is 5.48. The van der Waals surface area contributed by atoms with Crippen molar-refractivity contribution in [2.45, 2.75) is 32.7 Å². The van der Waals surface area contributed by atoms with Crippen molar-refractivity contribution in [3.05, 3.63) is 29.8 Å². The third kappa shape index (κ3) is 3.92. The van der Waals surface area contributed by atoms with Crippen molar-refractivity contribution in [2.75, 3.05) is 13.7 Å². The van der Waals surface area contributed by atoms with Gasteiger partial charge in [-0.05, 0) is 45.0 Å². The summed E-state index contributed by atoms with van der Waals surface area (Å²) in [5.41, 5.74) is 1.33. The summed E-state index contributed by atoms with van der Waals surface area (Å²) in [6.07, 6.45) is 1.05. The van der Waals surface area contributed by atoms with Crippen LogP contribution in [0.1, 0.15) is 26.3 Å². The Labute approximate surface area is 92.6 Å². The first-order chi connectivity index (χ1) is 7.07. The molecular formula is C13H21NO. The Morgan fingerprint density at radius 1 is 1.33 bits per heavy atom. The van der Waals surface area contributed by atoms with E-state index >= 15 is 0 Å². The summed E-state index contributed by atoms with van der Waals surface area (Å²) < 4.78 is 5.74. The fourth-order valence-corrected chi connectivity index (χ4v) is 1.19. The molecule has 1 aromatic carbocycles. The van der Waals surface area contributed by atoms with Gasteiger partial charge in [-0.2, -0.15) is 0 Å². The van der Waals surface area contributed by atoms with Crippen LogP contribution >= 0.6 is 0 Å². The topological polar surface area (TPSA) is 21.3 Å². The molecule has 0 bridgehead atoms. The highest BCUT2D eigenvalue weighted by molar-refractivity contribution is 5.28. The molecule has 0 unspecified atom stereocenters. The van der Waals surface area contributed by atoms with Crippen LogP contribution in [-0.2, 0) is 6.42 Å². The predicted octanol–water partition coefficient (Wildman–Crippen LogP) is 2.63. The molecule has 0 heterocycles. The van der Waals surface area contributed by atoms with E-state index in [0.29, 0.717) is 6.61 Å². The van der Waals surface area contributed by atoms with Gasteiger partial charge in [-0.15, -0.1) is 0 Å². The summed E-state index contributed by atoms with van der Waals surface area (Å²) in [7, 11) is 1.95. The third-order valence-electron chi connectivity index (χ3n) is 2.58. The first-order valence-corrected chi connectivity index (χ1v) is 5.48. The van der Waals surface area contributed by atoms with E-state index in [4.69, 9.17) is 4.74 Å². The molecule has 0 saturated carbocycles. The summed E-state index contributed by atoms with van der Waals surface area (Å²) in [5, 5.41) is 3.22. The first kappa shape index (κ1) is 12.1. The number of nitrogens with one attached hydrogen (secondary N) is 1. The maximum atomic E-state index is 5.74. The number of likely N-dealkylation sites (N-methyl/N-ethyl adjacent to an activating group) is 1. The van der Waals surface area contributed by atoms with E-state index in [9.17, 15) is 0 Å². The summed E-state index contributed by atoms with van der Waals surface area (Å²) in [6.45, 7) is 7.07. The molecule has 0 radical (unpaired) electrons. The molecule has 0 atom stereocenters. The number of benzene rings is 1. The minimum absolute atomic E-state index is 0.0161. The Hall–Kier alpha value is -1.02. The van der Waals surface area contributed by atoms with Crippen LogP contribution in [0.5, 0.6) is 5.75 Å². The van der Waals surface area contributed by atoms with Gasteiger partial charge in [-0.25, -0.2) is 0 Å². The molecule has 0 aliphatic heterocycles. The lowest BCUT2D eigenvalue weighted by atomic mass is 10.1. The quantitative estimate of drug-likeness (QED) is 0.801. The van der Waals surface area contributed by atoms with Crippen LogP contribution in [0.4, 0.5) is 0 Å². The van der Waals surface area contributed by atoms with Crippen LogP contribution in [0.15, 0.2) is 24.3 Å². The van der Waals surface area contributed by atoms with Crippen molar-refractivity contribution in [2.24, 2.45) is 0 Å². The highest BCUT2D eigenvalue weighted by Crippen LogP contribution is 2.15. The molecule has 0 fully saturated rings. The minimum atomic E-state index is 0.0161. The van der Waals surface area contributed by atoms with Gasteiger partial charge in [0.1, 0.15) is 12.4 Å². The number of hydrogen-bond donors (Lipinski definition) is 1. The zero-order valence-corrected chi connectivity index (χ0v) is 10.1. The summed E-state index contributed by atoms with van der Waals surface area (Å²) >= 11 is 0. The molecule has 0 aromatic heterocycles. The van der Waals surface area contributed by atoms with Crippen molar-refractivity contribution >= 4 is 0 Å².